The van der Waals surface area contributed by atoms with E-state index < -0.39 is 0 Å². The molecule has 0 unspecified atom stereocenters. The van der Waals surface area contributed by atoms with Crippen molar-refractivity contribution in [1.29, 1.82) is 0 Å². The molecule has 3 aromatic rings. The lowest BCUT2D eigenvalue weighted by Crippen LogP contribution is -2.30. The third kappa shape index (κ3) is 4.16. The second kappa shape index (κ2) is 7.22. The van der Waals surface area contributed by atoms with E-state index in [1.807, 2.05) is 48.7 Å². The summed E-state index contributed by atoms with van der Waals surface area (Å²) in [6.45, 7) is 0.532. The lowest BCUT2D eigenvalue weighted by molar-refractivity contribution is 0.252. The fourth-order valence-corrected chi connectivity index (χ4v) is 2.21. The number of benzene rings is 1. The van der Waals surface area contributed by atoms with Crippen LogP contribution < -0.4 is 10.6 Å². The number of nitrogens with zero attached hydrogens (tertiary/aromatic N) is 2. The van der Waals surface area contributed by atoms with Gasteiger partial charge in [0.15, 0.2) is 0 Å². The van der Waals surface area contributed by atoms with E-state index in [0.717, 1.165) is 22.5 Å². The number of aromatic nitrogens is 3. The van der Waals surface area contributed by atoms with Gasteiger partial charge in [-0.15, -0.1) is 0 Å². The molecule has 23 heavy (non-hydrogen) atoms. The van der Waals surface area contributed by atoms with Crippen LogP contribution >= 0.6 is 0 Å². The van der Waals surface area contributed by atoms with Gasteiger partial charge in [-0.3, -0.25) is 10.1 Å². The van der Waals surface area contributed by atoms with Gasteiger partial charge in [0.25, 0.3) is 0 Å². The Bertz CT molecular complexity index is 756. The first kappa shape index (κ1) is 14.8. The standard InChI is InChI=1S/C17H17N5O/c23-17(19-9-7-15-5-1-2-8-18-15)22-16-6-3-4-13(10-16)14-11-20-21-12-14/h1-6,8,10-12H,7,9H2,(H,20,21)(H2,19,22,23). The molecule has 3 rings (SSSR count). The van der Waals surface area contributed by atoms with Crippen LogP contribution in [-0.2, 0) is 6.42 Å². The maximum atomic E-state index is 11.9. The van der Waals surface area contributed by atoms with Crippen LogP contribution in [0.1, 0.15) is 5.69 Å². The maximum Gasteiger partial charge on any atom is 0.319 e. The average molecular weight is 307 g/mol. The number of carbonyl (C=O) groups is 1. The van der Waals surface area contributed by atoms with Gasteiger partial charge in [-0.25, -0.2) is 4.79 Å². The van der Waals surface area contributed by atoms with Crippen LogP contribution in [0.25, 0.3) is 11.1 Å². The Hall–Kier alpha value is -3.15. The van der Waals surface area contributed by atoms with Crippen molar-refractivity contribution in [2.75, 3.05) is 11.9 Å². The third-order valence-corrected chi connectivity index (χ3v) is 3.34. The minimum Gasteiger partial charge on any atom is -0.337 e. The predicted octanol–water partition coefficient (Wildman–Crippen LogP) is 2.84. The zero-order valence-electron chi connectivity index (χ0n) is 12.5. The van der Waals surface area contributed by atoms with E-state index in [4.69, 9.17) is 0 Å². The number of hydrogen-bond donors (Lipinski definition) is 3. The van der Waals surface area contributed by atoms with Crippen LogP contribution in [-0.4, -0.2) is 27.8 Å². The van der Waals surface area contributed by atoms with Gasteiger partial charge in [-0.1, -0.05) is 18.2 Å². The zero-order chi connectivity index (χ0) is 15.9. The number of amides is 2. The molecule has 0 fully saturated rings. The Morgan fingerprint density at radius 3 is 2.87 bits per heavy atom. The van der Waals surface area contributed by atoms with Crippen molar-refractivity contribution in [2.45, 2.75) is 6.42 Å². The highest BCUT2D eigenvalue weighted by atomic mass is 16.2. The molecule has 0 saturated heterocycles. The summed E-state index contributed by atoms with van der Waals surface area (Å²) in [6, 6.07) is 13.1. The molecule has 0 atom stereocenters. The van der Waals surface area contributed by atoms with E-state index in [1.54, 1.807) is 12.4 Å². The molecule has 0 bridgehead atoms. The number of hydrogen-bond acceptors (Lipinski definition) is 3. The summed E-state index contributed by atoms with van der Waals surface area (Å²) in [6.07, 6.45) is 6.00. The van der Waals surface area contributed by atoms with E-state index in [1.165, 1.54) is 0 Å². The van der Waals surface area contributed by atoms with Crippen LogP contribution in [0.15, 0.2) is 61.1 Å². The Morgan fingerprint density at radius 1 is 1.13 bits per heavy atom. The molecule has 0 aliphatic carbocycles. The summed E-state index contributed by atoms with van der Waals surface area (Å²) in [7, 11) is 0. The summed E-state index contributed by atoms with van der Waals surface area (Å²) in [4.78, 5) is 16.2. The van der Waals surface area contributed by atoms with Crippen molar-refractivity contribution in [1.82, 2.24) is 20.5 Å². The minimum atomic E-state index is -0.231. The van der Waals surface area contributed by atoms with Crippen molar-refractivity contribution in [2.24, 2.45) is 0 Å². The number of carbonyl (C=O) groups excluding carboxylic acids is 1. The van der Waals surface area contributed by atoms with Crippen LogP contribution in [0.3, 0.4) is 0 Å². The van der Waals surface area contributed by atoms with Crippen LogP contribution in [0.2, 0.25) is 0 Å². The van der Waals surface area contributed by atoms with Crippen molar-refractivity contribution in [3.63, 3.8) is 0 Å². The van der Waals surface area contributed by atoms with Gasteiger partial charge >= 0.3 is 6.03 Å². The monoisotopic (exact) mass is 307 g/mol. The summed E-state index contributed by atoms with van der Waals surface area (Å²) < 4.78 is 0. The number of rotatable bonds is 5. The van der Waals surface area contributed by atoms with Crippen molar-refractivity contribution in [3.05, 3.63) is 66.7 Å². The van der Waals surface area contributed by atoms with Gasteiger partial charge in [0.1, 0.15) is 0 Å². The number of anilines is 1. The van der Waals surface area contributed by atoms with Gasteiger partial charge in [-0.2, -0.15) is 5.10 Å². The van der Waals surface area contributed by atoms with Crippen molar-refractivity contribution in [3.8, 4) is 11.1 Å². The highest BCUT2D eigenvalue weighted by Crippen LogP contribution is 2.21. The fourth-order valence-electron chi connectivity index (χ4n) is 2.21. The molecule has 2 aromatic heterocycles. The molecule has 2 amide bonds. The lowest BCUT2D eigenvalue weighted by Gasteiger charge is -2.08. The Balaban J connectivity index is 1.53. The van der Waals surface area contributed by atoms with Crippen molar-refractivity contribution < 1.29 is 4.79 Å². The average Bonchev–Trinajstić information content (AvgIpc) is 3.11. The van der Waals surface area contributed by atoms with Crippen LogP contribution in [0, 0.1) is 0 Å². The number of pyridine rings is 1. The van der Waals surface area contributed by atoms with Gasteiger partial charge < -0.3 is 10.6 Å². The number of urea groups is 1. The Morgan fingerprint density at radius 2 is 2.09 bits per heavy atom. The summed E-state index contributed by atoms with van der Waals surface area (Å²) in [5, 5.41) is 12.4. The molecular formula is C17H17N5O. The summed E-state index contributed by atoms with van der Waals surface area (Å²) in [5.41, 5.74) is 3.66. The van der Waals surface area contributed by atoms with Gasteiger partial charge in [0.2, 0.25) is 0 Å². The second-order valence-corrected chi connectivity index (χ2v) is 5.02. The lowest BCUT2D eigenvalue weighted by atomic mass is 10.1. The smallest absolute Gasteiger partial charge is 0.319 e. The third-order valence-electron chi connectivity index (χ3n) is 3.34. The Labute approximate surface area is 134 Å². The number of H-pyrrole nitrogens is 1. The highest BCUT2D eigenvalue weighted by Gasteiger charge is 2.04. The molecule has 116 valence electrons. The quantitative estimate of drug-likeness (QED) is 0.678. The van der Waals surface area contributed by atoms with E-state index in [2.05, 4.69) is 25.8 Å². The molecule has 1 aromatic carbocycles. The van der Waals surface area contributed by atoms with Crippen LogP contribution in [0.5, 0.6) is 0 Å². The van der Waals surface area contributed by atoms with E-state index >= 15 is 0 Å². The van der Waals surface area contributed by atoms with E-state index in [9.17, 15) is 4.79 Å². The largest absolute Gasteiger partial charge is 0.337 e. The fraction of sp³-hybridized carbons (Fsp3) is 0.118. The Kier molecular flexibility index (Phi) is 4.63. The molecule has 6 nitrogen and oxygen atoms in total. The van der Waals surface area contributed by atoms with Gasteiger partial charge in [0, 0.05) is 42.3 Å². The molecular weight excluding hydrogens is 290 g/mol. The van der Waals surface area contributed by atoms with E-state index in [-0.39, 0.29) is 6.03 Å². The molecule has 0 aliphatic heterocycles. The van der Waals surface area contributed by atoms with Gasteiger partial charge in [-0.05, 0) is 29.8 Å². The zero-order valence-corrected chi connectivity index (χ0v) is 12.5. The summed E-state index contributed by atoms with van der Waals surface area (Å²) >= 11 is 0. The SMILES string of the molecule is O=C(NCCc1ccccn1)Nc1cccc(-c2cn[nH]c2)c1. The molecule has 0 radical (unpaired) electrons. The normalized spacial score (nSPS) is 10.3. The molecule has 6 heteroatoms. The molecule has 0 saturated carbocycles. The molecule has 0 aliphatic rings. The molecule has 0 spiro atoms. The predicted molar refractivity (Wildman–Crippen MR) is 89.0 cm³/mol. The first-order valence-electron chi connectivity index (χ1n) is 7.35. The first-order chi connectivity index (χ1) is 11.3. The maximum absolute atomic E-state index is 11.9. The molecule has 2 heterocycles. The minimum absolute atomic E-state index is 0.231. The van der Waals surface area contributed by atoms with Crippen molar-refractivity contribution >= 4 is 11.7 Å². The van der Waals surface area contributed by atoms with Crippen LogP contribution in [0.4, 0.5) is 10.5 Å². The highest BCUT2D eigenvalue weighted by molar-refractivity contribution is 5.90. The second-order valence-electron chi connectivity index (χ2n) is 5.02. The first-order valence-corrected chi connectivity index (χ1v) is 7.35. The van der Waals surface area contributed by atoms with Gasteiger partial charge in [0.05, 0.1) is 6.20 Å². The topological polar surface area (TPSA) is 82.7 Å². The number of nitrogens with one attached hydrogen (secondary N) is 3. The molecule has 3 N–H and O–H groups in total. The van der Waals surface area contributed by atoms with E-state index in [0.29, 0.717) is 13.0 Å². The number of aromatic amines is 1. The summed E-state index contributed by atoms with van der Waals surface area (Å²) in [5.74, 6) is 0.